The molecule has 4 aromatic rings. The van der Waals surface area contributed by atoms with E-state index in [1.807, 2.05) is 37.3 Å². The molecule has 3 heteroatoms. The summed E-state index contributed by atoms with van der Waals surface area (Å²) in [6.07, 6.45) is 0. The molecule has 0 aliphatic carbocycles. The van der Waals surface area contributed by atoms with Gasteiger partial charge in [-0.2, -0.15) is 0 Å². The summed E-state index contributed by atoms with van der Waals surface area (Å²) in [5, 5.41) is 2.21. The largest absolute Gasteiger partial charge is 0.206 e. The Labute approximate surface area is 149 Å². The van der Waals surface area contributed by atoms with Gasteiger partial charge in [0.15, 0.2) is 11.6 Å². The number of rotatable bonds is 2. The van der Waals surface area contributed by atoms with Crippen LogP contribution in [0.25, 0.3) is 33.0 Å². The molecule has 0 saturated heterocycles. The maximum absolute atomic E-state index is 14.6. The molecule has 128 valence electrons. The van der Waals surface area contributed by atoms with Crippen LogP contribution in [0.15, 0.2) is 72.8 Å². The zero-order chi connectivity index (χ0) is 18.3. The molecule has 0 unspecified atom stereocenters. The lowest BCUT2D eigenvalue weighted by Crippen LogP contribution is -1.90. The molecule has 0 aliphatic rings. The smallest absolute Gasteiger partial charge is 0.159 e. The third-order valence-electron chi connectivity index (χ3n) is 4.53. The summed E-state index contributed by atoms with van der Waals surface area (Å²) in [7, 11) is 0. The van der Waals surface area contributed by atoms with Gasteiger partial charge in [0.1, 0.15) is 5.82 Å². The van der Waals surface area contributed by atoms with Gasteiger partial charge in [0.25, 0.3) is 0 Å². The Balaban J connectivity index is 1.75. The molecule has 0 aliphatic heterocycles. The van der Waals surface area contributed by atoms with Crippen molar-refractivity contribution >= 4 is 10.8 Å². The third-order valence-corrected chi connectivity index (χ3v) is 4.53. The van der Waals surface area contributed by atoms with E-state index in [0.29, 0.717) is 5.56 Å². The molecule has 0 aromatic heterocycles. The van der Waals surface area contributed by atoms with Gasteiger partial charge in [-0.1, -0.05) is 54.1 Å². The summed E-state index contributed by atoms with van der Waals surface area (Å²) in [4.78, 5) is 0. The van der Waals surface area contributed by atoms with Crippen LogP contribution in [-0.2, 0) is 0 Å². The van der Waals surface area contributed by atoms with Crippen LogP contribution in [0, 0.1) is 24.4 Å². The quantitative estimate of drug-likeness (QED) is 0.370. The zero-order valence-corrected chi connectivity index (χ0v) is 14.1. The summed E-state index contributed by atoms with van der Waals surface area (Å²) < 4.78 is 41.1. The predicted octanol–water partition coefficient (Wildman–Crippen LogP) is 6.90. The highest BCUT2D eigenvalue weighted by atomic mass is 19.2. The number of benzene rings is 4. The van der Waals surface area contributed by atoms with Crippen LogP contribution < -0.4 is 0 Å². The molecule has 0 atom stereocenters. The van der Waals surface area contributed by atoms with Gasteiger partial charge in [-0.25, -0.2) is 13.2 Å². The molecular weight excluding hydrogens is 333 g/mol. The molecule has 0 nitrogen and oxygen atoms in total. The van der Waals surface area contributed by atoms with E-state index in [1.165, 1.54) is 17.7 Å². The van der Waals surface area contributed by atoms with E-state index in [1.54, 1.807) is 12.1 Å². The van der Waals surface area contributed by atoms with Gasteiger partial charge in [0, 0.05) is 5.56 Å². The Bertz CT molecular complexity index is 1130. The highest BCUT2D eigenvalue weighted by Crippen LogP contribution is 2.30. The molecule has 4 aromatic carbocycles. The Hall–Kier alpha value is -3.07. The fourth-order valence-electron chi connectivity index (χ4n) is 3.14. The molecule has 0 bridgehead atoms. The van der Waals surface area contributed by atoms with Gasteiger partial charge >= 0.3 is 0 Å². The fourth-order valence-corrected chi connectivity index (χ4v) is 3.14. The van der Waals surface area contributed by atoms with Crippen molar-refractivity contribution in [2.75, 3.05) is 0 Å². The maximum Gasteiger partial charge on any atom is 0.159 e. The lowest BCUT2D eigenvalue weighted by Gasteiger charge is -2.09. The van der Waals surface area contributed by atoms with Crippen LogP contribution in [-0.4, -0.2) is 0 Å². The minimum absolute atomic E-state index is 0.240. The summed E-state index contributed by atoms with van der Waals surface area (Å²) in [6, 6.07) is 20.3. The third kappa shape index (κ3) is 2.97. The molecule has 0 N–H and O–H groups in total. The van der Waals surface area contributed by atoms with Crippen LogP contribution >= 0.6 is 0 Å². The summed E-state index contributed by atoms with van der Waals surface area (Å²) >= 11 is 0. The average Bonchev–Trinajstić information content (AvgIpc) is 2.63. The molecule has 0 saturated carbocycles. The molecule has 26 heavy (non-hydrogen) atoms. The van der Waals surface area contributed by atoms with Crippen molar-refractivity contribution in [3.63, 3.8) is 0 Å². The summed E-state index contributed by atoms with van der Waals surface area (Å²) in [5.74, 6) is -2.41. The van der Waals surface area contributed by atoms with E-state index >= 15 is 0 Å². The van der Waals surface area contributed by atoms with Crippen LogP contribution in [0.1, 0.15) is 5.56 Å². The van der Waals surface area contributed by atoms with Gasteiger partial charge in [-0.05, 0) is 58.7 Å². The van der Waals surface area contributed by atoms with Crippen molar-refractivity contribution in [1.82, 2.24) is 0 Å². The van der Waals surface area contributed by atoms with E-state index in [0.717, 1.165) is 34.0 Å². The first kappa shape index (κ1) is 16.4. The minimum atomic E-state index is -0.990. The Morgan fingerprint density at radius 3 is 1.88 bits per heavy atom. The Kier molecular flexibility index (Phi) is 4.00. The highest BCUT2D eigenvalue weighted by Gasteiger charge is 2.10. The second kappa shape index (κ2) is 6.34. The standard InChI is InChI=1S/C23H15F3/c1-14-2-3-16-11-17(5-4-15(16)10-14)18-6-8-20(22(25)12-18)19-7-9-21(24)23(26)13-19/h2-13H,1H3. The number of hydrogen-bond donors (Lipinski definition) is 0. The van der Waals surface area contributed by atoms with Gasteiger partial charge in [0.2, 0.25) is 0 Å². The molecular formula is C23H15F3. The monoisotopic (exact) mass is 348 g/mol. The molecule has 0 spiro atoms. The van der Waals surface area contributed by atoms with Crippen LogP contribution in [0.3, 0.4) is 0 Å². The highest BCUT2D eigenvalue weighted by molar-refractivity contribution is 5.88. The first-order valence-corrected chi connectivity index (χ1v) is 8.27. The number of fused-ring (bicyclic) bond motifs is 1. The van der Waals surface area contributed by atoms with Crippen molar-refractivity contribution in [2.45, 2.75) is 6.92 Å². The normalized spacial score (nSPS) is 11.1. The first-order chi connectivity index (χ1) is 12.5. The summed E-state index contributed by atoms with van der Waals surface area (Å²) in [6.45, 7) is 2.04. The topological polar surface area (TPSA) is 0 Å². The van der Waals surface area contributed by atoms with Crippen LogP contribution in [0.4, 0.5) is 13.2 Å². The summed E-state index contributed by atoms with van der Waals surface area (Å²) in [5.41, 5.74) is 3.37. The minimum Gasteiger partial charge on any atom is -0.206 e. The number of hydrogen-bond acceptors (Lipinski definition) is 0. The van der Waals surface area contributed by atoms with Crippen molar-refractivity contribution in [3.05, 3.63) is 95.8 Å². The van der Waals surface area contributed by atoms with Gasteiger partial charge in [0.05, 0.1) is 0 Å². The lowest BCUT2D eigenvalue weighted by molar-refractivity contribution is 0.509. The maximum atomic E-state index is 14.6. The SMILES string of the molecule is Cc1ccc2cc(-c3ccc(-c4ccc(F)c(F)c4)c(F)c3)ccc2c1. The second-order valence-electron chi connectivity index (χ2n) is 6.39. The molecule has 0 fully saturated rings. The molecule has 4 rings (SSSR count). The van der Waals surface area contributed by atoms with E-state index in [4.69, 9.17) is 0 Å². The molecule has 0 radical (unpaired) electrons. The van der Waals surface area contributed by atoms with Crippen LogP contribution in [0.2, 0.25) is 0 Å². The average molecular weight is 348 g/mol. The van der Waals surface area contributed by atoms with Crippen molar-refractivity contribution in [3.8, 4) is 22.3 Å². The zero-order valence-electron chi connectivity index (χ0n) is 14.1. The van der Waals surface area contributed by atoms with Crippen molar-refractivity contribution < 1.29 is 13.2 Å². The molecule has 0 amide bonds. The van der Waals surface area contributed by atoms with Crippen LogP contribution in [0.5, 0.6) is 0 Å². The lowest BCUT2D eigenvalue weighted by atomic mass is 9.97. The fraction of sp³-hybridized carbons (Fsp3) is 0.0435. The van der Waals surface area contributed by atoms with Gasteiger partial charge in [-0.15, -0.1) is 0 Å². The molecule has 0 heterocycles. The van der Waals surface area contributed by atoms with E-state index < -0.39 is 17.5 Å². The second-order valence-corrected chi connectivity index (χ2v) is 6.39. The Morgan fingerprint density at radius 1 is 0.500 bits per heavy atom. The van der Waals surface area contributed by atoms with Crippen molar-refractivity contribution in [2.24, 2.45) is 0 Å². The number of halogens is 3. The van der Waals surface area contributed by atoms with E-state index in [9.17, 15) is 13.2 Å². The van der Waals surface area contributed by atoms with Gasteiger partial charge < -0.3 is 0 Å². The predicted molar refractivity (Wildman–Crippen MR) is 99.4 cm³/mol. The first-order valence-electron chi connectivity index (χ1n) is 8.27. The Morgan fingerprint density at radius 2 is 1.12 bits per heavy atom. The van der Waals surface area contributed by atoms with E-state index in [2.05, 4.69) is 6.07 Å². The van der Waals surface area contributed by atoms with E-state index in [-0.39, 0.29) is 5.56 Å². The number of aryl methyl sites for hydroxylation is 1. The van der Waals surface area contributed by atoms with Gasteiger partial charge in [-0.3, -0.25) is 0 Å². The van der Waals surface area contributed by atoms with Crippen molar-refractivity contribution in [1.29, 1.82) is 0 Å².